The predicted molar refractivity (Wildman–Crippen MR) is 137 cm³/mol. The first kappa shape index (κ1) is 22.7. The van der Waals surface area contributed by atoms with E-state index in [4.69, 9.17) is 4.74 Å². The lowest BCUT2D eigenvalue weighted by atomic mass is 9.89. The van der Waals surface area contributed by atoms with Crippen LogP contribution in [0.2, 0.25) is 0 Å². The van der Waals surface area contributed by atoms with Crippen molar-refractivity contribution >= 4 is 11.6 Å². The summed E-state index contributed by atoms with van der Waals surface area (Å²) in [6.07, 6.45) is 4.79. The molecule has 176 valence electrons. The van der Waals surface area contributed by atoms with Crippen molar-refractivity contribution in [1.29, 1.82) is 0 Å². The number of carbonyl (C=O) groups is 1. The minimum absolute atomic E-state index is 0.187. The number of hydrogen-bond donors (Lipinski definition) is 0. The smallest absolute Gasteiger partial charge is 0.227 e. The number of fused-ring (bicyclic) bond motifs is 1. The Hall–Kier alpha value is -3.11. The molecule has 3 aromatic rings. The van der Waals surface area contributed by atoms with Crippen molar-refractivity contribution in [3.05, 3.63) is 95.6 Å². The molecule has 2 aliphatic heterocycles. The molecule has 0 spiro atoms. The maximum absolute atomic E-state index is 12.7. The largest absolute Gasteiger partial charge is 0.493 e. The Morgan fingerprint density at radius 2 is 1.56 bits per heavy atom. The van der Waals surface area contributed by atoms with E-state index < -0.39 is 0 Å². The molecule has 0 aromatic heterocycles. The summed E-state index contributed by atoms with van der Waals surface area (Å²) in [4.78, 5) is 17.2. The zero-order valence-electron chi connectivity index (χ0n) is 19.9. The van der Waals surface area contributed by atoms with Crippen molar-refractivity contribution in [2.24, 2.45) is 0 Å². The summed E-state index contributed by atoms with van der Waals surface area (Å²) in [5.41, 5.74) is 4.80. The van der Waals surface area contributed by atoms with Crippen LogP contribution in [0, 0.1) is 0 Å². The molecule has 2 aliphatic rings. The molecule has 34 heavy (non-hydrogen) atoms. The number of benzene rings is 3. The van der Waals surface area contributed by atoms with Crippen LogP contribution >= 0.6 is 0 Å². The number of carbonyl (C=O) groups excluding carboxylic acids is 1. The van der Waals surface area contributed by atoms with E-state index in [9.17, 15) is 4.79 Å². The molecule has 0 N–H and O–H groups in total. The number of rotatable bonds is 8. The number of piperidine rings is 1. The molecule has 3 aromatic carbocycles. The van der Waals surface area contributed by atoms with Crippen LogP contribution in [0.15, 0.2) is 78.9 Å². The molecule has 1 amide bonds. The second-order valence-corrected chi connectivity index (χ2v) is 9.45. The van der Waals surface area contributed by atoms with Gasteiger partial charge in [0.15, 0.2) is 0 Å². The standard InChI is InChI=1S/C30H34N2O2/c33-30-16-15-27-28(32(30)23-24-9-3-1-4-10-24)13-7-14-29(27)34-22-8-19-31-20-17-26(18-21-31)25-11-5-2-6-12-25/h1-7,9-14,26H,8,15-23H2. The van der Waals surface area contributed by atoms with Gasteiger partial charge in [-0.1, -0.05) is 66.7 Å². The molecular formula is C30H34N2O2. The predicted octanol–water partition coefficient (Wildman–Crippen LogP) is 5.81. The van der Waals surface area contributed by atoms with E-state index in [0.717, 1.165) is 49.5 Å². The number of ether oxygens (including phenoxy) is 1. The summed E-state index contributed by atoms with van der Waals surface area (Å²) in [7, 11) is 0. The van der Waals surface area contributed by atoms with E-state index in [1.807, 2.05) is 29.2 Å². The van der Waals surface area contributed by atoms with Gasteiger partial charge in [-0.3, -0.25) is 4.79 Å². The molecule has 4 nitrogen and oxygen atoms in total. The van der Waals surface area contributed by atoms with E-state index in [1.165, 1.54) is 24.0 Å². The van der Waals surface area contributed by atoms with E-state index in [2.05, 4.69) is 59.5 Å². The van der Waals surface area contributed by atoms with E-state index in [1.54, 1.807) is 0 Å². The van der Waals surface area contributed by atoms with Gasteiger partial charge in [-0.2, -0.15) is 0 Å². The maximum atomic E-state index is 12.7. The Morgan fingerprint density at radius 1 is 0.824 bits per heavy atom. The third kappa shape index (κ3) is 5.34. The van der Waals surface area contributed by atoms with Gasteiger partial charge in [-0.15, -0.1) is 0 Å². The lowest BCUT2D eigenvalue weighted by Gasteiger charge is -2.32. The van der Waals surface area contributed by atoms with Crippen LogP contribution in [0.3, 0.4) is 0 Å². The molecule has 0 atom stereocenters. The molecule has 0 unspecified atom stereocenters. The Balaban J connectivity index is 1.13. The SMILES string of the molecule is O=C1CCc2c(OCCCN3CCC(c4ccccc4)CC3)cccc2N1Cc1ccccc1. The van der Waals surface area contributed by atoms with Crippen molar-refractivity contribution in [3.63, 3.8) is 0 Å². The first-order valence-electron chi connectivity index (χ1n) is 12.6. The van der Waals surface area contributed by atoms with Crippen LogP contribution in [0.4, 0.5) is 5.69 Å². The molecule has 1 fully saturated rings. The van der Waals surface area contributed by atoms with Gasteiger partial charge in [0.1, 0.15) is 5.75 Å². The fourth-order valence-electron chi connectivity index (χ4n) is 5.32. The van der Waals surface area contributed by atoms with Gasteiger partial charge in [0.05, 0.1) is 18.8 Å². The van der Waals surface area contributed by atoms with Crippen LogP contribution in [-0.2, 0) is 17.8 Å². The summed E-state index contributed by atoms with van der Waals surface area (Å²) < 4.78 is 6.26. The van der Waals surface area contributed by atoms with Gasteiger partial charge < -0.3 is 14.5 Å². The molecule has 2 heterocycles. The van der Waals surface area contributed by atoms with Crippen LogP contribution < -0.4 is 9.64 Å². The third-order valence-corrected chi connectivity index (χ3v) is 7.21. The monoisotopic (exact) mass is 454 g/mol. The fraction of sp³-hybridized carbons (Fsp3) is 0.367. The first-order valence-corrected chi connectivity index (χ1v) is 12.6. The summed E-state index contributed by atoms with van der Waals surface area (Å²) in [6, 6.07) is 27.3. The van der Waals surface area contributed by atoms with Crippen molar-refractivity contribution < 1.29 is 9.53 Å². The Labute approximate surface area is 203 Å². The maximum Gasteiger partial charge on any atom is 0.227 e. The average molecular weight is 455 g/mol. The van der Waals surface area contributed by atoms with E-state index >= 15 is 0 Å². The lowest BCUT2D eigenvalue weighted by molar-refractivity contribution is -0.119. The van der Waals surface area contributed by atoms with Crippen molar-refractivity contribution in [1.82, 2.24) is 4.90 Å². The molecule has 5 rings (SSSR count). The van der Waals surface area contributed by atoms with Crippen LogP contribution in [0.25, 0.3) is 0 Å². The molecule has 1 saturated heterocycles. The van der Waals surface area contributed by atoms with Gasteiger partial charge in [0, 0.05) is 18.5 Å². The zero-order valence-corrected chi connectivity index (χ0v) is 19.9. The molecule has 0 bridgehead atoms. The highest BCUT2D eigenvalue weighted by Crippen LogP contribution is 2.36. The highest BCUT2D eigenvalue weighted by Gasteiger charge is 2.26. The van der Waals surface area contributed by atoms with Crippen LogP contribution in [0.1, 0.15) is 48.3 Å². The second kappa shape index (κ2) is 10.9. The fourth-order valence-corrected chi connectivity index (χ4v) is 5.32. The van der Waals surface area contributed by atoms with Gasteiger partial charge in [0.2, 0.25) is 5.91 Å². The van der Waals surface area contributed by atoms with Crippen molar-refractivity contribution in [3.8, 4) is 5.75 Å². The zero-order chi connectivity index (χ0) is 23.2. The summed E-state index contributed by atoms with van der Waals surface area (Å²) >= 11 is 0. The molecule has 4 heteroatoms. The number of anilines is 1. The van der Waals surface area contributed by atoms with E-state index in [-0.39, 0.29) is 5.91 Å². The normalized spacial score (nSPS) is 16.9. The Morgan fingerprint density at radius 3 is 2.32 bits per heavy atom. The second-order valence-electron chi connectivity index (χ2n) is 9.45. The average Bonchev–Trinajstić information content (AvgIpc) is 2.90. The summed E-state index contributed by atoms with van der Waals surface area (Å²) in [6.45, 7) is 4.72. The Bertz CT molecular complexity index is 1080. The lowest BCUT2D eigenvalue weighted by Crippen LogP contribution is -2.35. The molecule has 0 aliphatic carbocycles. The number of likely N-dealkylation sites (tertiary alicyclic amines) is 1. The van der Waals surface area contributed by atoms with E-state index in [0.29, 0.717) is 25.5 Å². The number of amides is 1. The summed E-state index contributed by atoms with van der Waals surface area (Å²) in [5, 5.41) is 0. The topological polar surface area (TPSA) is 32.8 Å². The molecular weight excluding hydrogens is 420 g/mol. The highest BCUT2D eigenvalue weighted by atomic mass is 16.5. The third-order valence-electron chi connectivity index (χ3n) is 7.21. The number of nitrogens with zero attached hydrogens (tertiary/aromatic N) is 2. The minimum Gasteiger partial charge on any atom is -0.493 e. The van der Waals surface area contributed by atoms with Gasteiger partial charge in [0.25, 0.3) is 0 Å². The molecule has 0 radical (unpaired) electrons. The van der Waals surface area contributed by atoms with Crippen molar-refractivity contribution in [2.45, 2.75) is 44.6 Å². The molecule has 0 saturated carbocycles. The van der Waals surface area contributed by atoms with Gasteiger partial charge in [-0.05, 0) is 68.0 Å². The van der Waals surface area contributed by atoms with Crippen molar-refractivity contribution in [2.75, 3.05) is 31.1 Å². The van der Waals surface area contributed by atoms with Crippen LogP contribution in [-0.4, -0.2) is 37.0 Å². The minimum atomic E-state index is 0.187. The number of hydrogen-bond acceptors (Lipinski definition) is 3. The van der Waals surface area contributed by atoms with Gasteiger partial charge in [-0.25, -0.2) is 0 Å². The first-order chi connectivity index (χ1) is 16.8. The quantitative estimate of drug-likeness (QED) is 0.403. The summed E-state index contributed by atoms with van der Waals surface area (Å²) in [5.74, 6) is 1.82. The van der Waals surface area contributed by atoms with Crippen LogP contribution in [0.5, 0.6) is 5.75 Å². The highest BCUT2D eigenvalue weighted by molar-refractivity contribution is 5.96. The van der Waals surface area contributed by atoms with Gasteiger partial charge >= 0.3 is 0 Å². The Kier molecular flexibility index (Phi) is 7.25.